The fourth-order valence-corrected chi connectivity index (χ4v) is 3.31. The number of benzene rings is 1. The molecule has 0 atom stereocenters. The second-order valence-electron chi connectivity index (χ2n) is 6.55. The first-order chi connectivity index (χ1) is 13.1. The molecule has 2 aromatic heterocycles. The van der Waals surface area contributed by atoms with Gasteiger partial charge < -0.3 is 10.1 Å². The molecule has 0 spiro atoms. The van der Waals surface area contributed by atoms with E-state index in [-0.39, 0.29) is 13.1 Å². The minimum absolute atomic E-state index is 0.241. The van der Waals surface area contributed by atoms with Crippen LogP contribution in [-0.2, 0) is 13.1 Å². The van der Waals surface area contributed by atoms with Crippen molar-refractivity contribution < 1.29 is 13.5 Å². The van der Waals surface area contributed by atoms with Crippen LogP contribution in [0.25, 0.3) is 11.0 Å². The van der Waals surface area contributed by atoms with Gasteiger partial charge in [-0.25, -0.2) is 18.4 Å². The molecule has 0 bridgehead atoms. The highest BCUT2D eigenvalue weighted by Crippen LogP contribution is 2.36. The van der Waals surface area contributed by atoms with Gasteiger partial charge in [0, 0.05) is 24.8 Å². The number of hydrogen-bond acceptors (Lipinski definition) is 5. The van der Waals surface area contributed by atoms with Gasteiger partial charge in [0.2, 0.25) is 5.88 Å². The third-order valence-corrected chi connectivity index (χ3v) is 5.16. The Morgan fingerprint density at radius 3 is 2.93 bits per heavy atom. The van der Waals surface area contributed by atoms with Crippen molar-refractivity contribution in [2.45, 2.75) is 32.4 Å². The summed E-state index contributed by atoms with van der Waals surface area (Å²) in [5, 5.41) is 11.2. The van der Waals surface area contributed by atoms with Crippen LogP contribution in [0, 0.1) is 5.92 Å². The zero-order chi connectivity index (χ0) is 18.8. The largest absolute Gasteiger partial charge is 0.437 e. The van der Waals surface area contributed by atoms with Crippen molar-refractivity contribution in [1.29, 1.82) is 0 Å². The summed E-state index contributed by atoms with van der Waals surface area (Å²) in [6, 6.07) is 7.30. The zero-order valence-corrected chi connectivity index (χ0v) is 16.0. The maximum absolute atomic E-state index is 12.3. The molecule has 1 aliphatic rings. The van der Waals surface area contributed by atoms with Crippen molar-refractivity contribution in [3.8, 4) is 11.6 Å². The van der Waals surface area contributed by atoms with Crippen molar-refractivity contribution >= 4 is 27.0 Å². The molecule has 6 nitrogen and oxygen atoms in total. The molecular weight excluding hydrogens is 420 g/mol. The van der Waals surface area contributed by atoms with Crippen LogP contribution in [0.2, 0.25) is 0 Å². The molecule has 1 aliphatic carbocycles. The van der Waals surface area contributed by atoms with Gasteiger partial charge in [0.25, 0.3) is 6.43 Å². The van der Waals surface area contributed by atoms with E-state index in [0.717, 1.165) is 17.6 Å². The zero-order valence-electron chi connectivity index (χ0n) is 14.4. The number of ether oxygens (including phenoxy) is 1. The SMILES string of the molecule is FC(F)CNCc1cccnc1Oc1ccc2c(nnn2CC2CC2)c1Br. The topological polar surface area (TPSA) is 64.9 Å². The lowest BCUT2D eigenvalue weighted by Crippen LogP contribution is -2.21. The Kier molecular flexibility index (Phi) is 5.31. The van der Waals surface area contributed by atoms with Crippen LogP contribution in [0.3, 0.4) is 0 Å². The van der Waals surface area contributed by atoms with Gasteiger partial charge >= 0.3 is 0 Å². The lowest BCUT2D eigenvalue weighted by atomic mass is 10.2. The van der Waals surface area contributed by atoms with Crippen LogP contribution in [0.1, 0.15) is 18.4 Å². The number of aromatic nitrogens is 4. The normalized spacial score (nSPS) is 14.2. The van der Waals surface area contributed by atoms with Crippen molar-refractivity contribution in [1.82, 2.24) is 25.3 Å². The molecule has 3 aromatic rings. The summed E-state index contributed by atoms with van der Waals surface area (Å²) in [6.07, 6.45) is 1.68. The predicted molar refractivity (Wildman–Crippen MR) is 100.0 cm³/mol. The first-order valence-electron chi connectivity index (χ1n) is 8.74. The molecule has 142 valence electrons. The summed E-state index contributed by atoms with van der Waals surface area (Å²) in [5.41, 5.74) is 2.37. The molecule has 0 unspecified atom stereocenters. The fourth-order valence-electron chi connectivity index (χ4n) is 2.82. The Labute approximate surface area is 163 Å². The quantitative estimate of drug-likeness (QED) is 0.573. The lowest BCUT2D eigenvalue weighted by Gasteiger charge is -2.12. The standard InChI is InChI=1S/C18H18BrF2N5O/c19-16-14(6-5-13-17(16)24-25-26(13)10-11-3-4-11)27-18-12(2-1-7-23-18)8-22-9-15(20)21/h1-2,5-7,11,15,22H,3-4,8-10H2. The number of fused-ring (bicyclic) bond motifs is 1. The molecule has 4 rings (SSSR count). The Hall–Kier alpha value is -2.13. The van der Waals surface area contributed by atoms with Crippen LogP contribution < -0.4 is 10.1 Å². The Balaban J connectivity index is 1.55. The van der Waals surface area contributed by atoms with E-state index in [1.54, 1.807) is 18.3 Å². The molecule has 27 heavy (non-hydrogen) atoms. The van der Waals surface area contributed by atoms with E-state index in [0.29, 0.717) is 27.6 Å². The van der Waals surface area contributed by atoms with Crippen molar-refractivity contribution in [2.24, 2.45) is 5.92 Å². The van der Waals surface area contributed by atoms with Gasteiger partial charge in [0.1, 0.15) is 11.3 Å². The number of pyridine rings is 1. The third-order valence-electron chi connectivity index (χ3n) is 4.39. The van der Waals surface area contributed by atoms with E-state index < -0.39 is 6.43 Å². The highest BCUT2D eigenvalue weighted by molar-refractivity contribution is 9.10. The molecule has 0 aliphatic heterocycles. The average Bonchev–Trinajstić information content (AvgIpc) is 3.37. The number of rotatable bonds is 8. The first-order valence-corrected chi connectivity index (χ1v) is 9.53. The van der Waals surface area contributed by atoms with Gasteiger partial charge in [-0.3, -0.25) is 0 Å². The van der Waals surface area contributed by atoms with Crippen LogP contribution in [0.15, 0.2) is 34.9 Å². The first kappa shape index (κ1) is 18.2. The second kappa shape index (κ2) is 7.85. The molecule has 1 saturated carbocycles. The molecule has 1 N–H and O–H groups in total. The van der Waals surface area contributed by atoms with Crippen LogP contribution in [-0.4, -0.2) is 32.9 Å². The summed E-state index contributed by atoms with van der Waals surface area (Å²) in [6.45, 7) is 0.738. The molecule has 9 heteroatoms. The van der Waals surface area contributed by atoms with Gasteiger partial charge in [-0.1, -0.05) is 11.3 Å². The van der Waals surface area contributed by atoms with Crippen LogP contribution in [0.5, 0.6) is 11.6 Å². The van der Waals surface area contributed by atoms with E-state index in [4.69, 9.17) is 4.74 Å². The summed E-state index contributed by atoms with van der Waals surface area (Å²) in [7, 11) is 0. The summed E-state index contributed by atoms with van der Waals surface area (Å²) in [4.78, 5) is 4.23. The highest BCUT2D eigenvalue weighted by Gasteiger charge is 2.24. The van der Waals surface area contributed by atoms with Gasteiger partial charge in [-0.2, -0.15) is 0 Å². The van der Waals surface area contributed by atoms with Gasteiger partial charge in [-0.15, -0.1) is 5.10 Å². The van der Waals surface area contributed by atoms with Crippen molar-refractivity contribution in [3.05, 3.63) is 40.5 Å². The van der Waals surface area contributed by atoms with E-state index in [1.807, 2.05) is 16.8 Å². The molecule has 0 saturated heterocycles. The van der Waals surface area contributed by atoms with Crippen molar-refractivity contribution in [2.75, 3.05) is 6.54 Å². The van der Waals surface area contributed by atoms with E-state index in [1.165, 1.54) is 12.8 Å². The fraction of sp³-hybridized carbons (Fsp3) is 0.389. The van der Waals surface area contributed by atoms with Crippen molar-refractivity contribution in [3.63, 3.8) is 0 Å². The second-order valence-corrected chi connectivity index (χ2v) is 7.35. The van der Waals surface area contributed by atoms with E-state index in [2.05, 4.69) is 36.5 Å². The Bertz CT molecular complexity index is 945. The van der Waals surface area contributed by atoms with E-state index >= 15 is 0 Å². The number of nitrogens with zero attached hydrogens (tertiary/aromatic N) is 4. The minimum atomic E-state index is -2.40. The molecule has 1 aromatic carbocycles. The lowest BCUT2D eigenvalue weighted by molar-refractivity contribution is 0.145. The predicted octanol–water partition coefficient (Wildman–Crippen LogP) is 4.15. The summed E-state index contributed by atoms with van der Waals surface area (Å²) < 4.78 is 33.2. The number of halogens is 3. The molecular formula is C18H18BrF2N5O. The number of nitrogens with one attached hydrogen (secondary N) is 1. The minimum Gasteiger partial charge on any atom is -0.437 e. The smallest absolute Gasteiger partial charge is 0.250 e. The summed E-state index contributed by atoms with van der Waals surface area (Å²) >= 11 is 3.55. The van der Waals surface area contributed by atoms with E-state index in [9.17, 15) is 8.78 Å². The molecule has 0 radical (unpaired) electrons. The van der Waals surface area contributed by atoms with Gasteiger partial charge in [0.15, 0.2) is 0 Å². The highest BCUT2D eigenvalue weighted by atomic mass is 79.9. The molecule has 0 amide bonds. The Morgan fingerprint density at radius 2 is 2.15 bits per heavy atom. The number of hydrogen-bond donors (Lipinski definition) is 1. The Morgan fingerprint density at radius 1 is 1.30 bits per heavy atom. The van der Waals surface area contributed by atoms with Crippen LogP contribution >= 0.6 is 15.9 Å². The third kappa shape index (κ3) is 4.24. The average molecular weight is 438 g/mol. The monoisotopic (exact) mass is 437 g/mol. The molecule has 1 fully saturated rings. The van der Waals surface area contributed by atoms with Crippen LogP contribution in [0.4, 0.5) is 8.78 Å². The van der Waals surface area contributed by atoms with Gasteiger partial charge in [-0.05, 0) is 52.9 Å². The van der Waals surface area contributed by atoms with Gasteiger partial charge in [0.05, 0.1) is 16.5 Å². The summed E-state index contributed by atoms with van der Waals surface area (Å²) in [5.74, 6) is 1.61. The maximum Gasteiger partial charge on any atom is 0.250 e. The maximum atomic E-state index is 12.3. The number of alkyl halides is 2. The molecule has 2 heterocycles.